The largest absolute Gasteiger partial charge is 0.508 e. The van der Waals surface area contributed by atoms with E-state index in [9.17, 15) is 34.8 Å². The number of Topliss-reactive ketones (excluding diaryl/α,β-unsaturated/α-hetero) is 2. The van der Waals surface area contributed by atoms with Crippen LogP contribution in [0.1, 0.15) is 25.8 Å². The van der Waals surface area contributed by atoms with Crippen LogP contribution in [0.25, 0.3) is 5.76 Å². The van der Waals surface area contributed by atoms with Gasteiger partial charge in [0.1, 0.15) is 22.8 Å². The Morgan fingerprint density at radius 2 is 1.94 bits per heavy atom. The van der Waals surface area contributed by atoms with Gasteiger partial charge < -0.3 is 26.2 Å². The predicted octanol–water partition coefficient (Wildman–Crippen LogP) is 0.386. The summed E-state index contributed by atoms with van der Waals surface area (Å²) in [5.74, 6) is -9.80. The van der Waals surface area contributed by atoms with Crippen molar-refractivity contribution in [3.05, 3.63) is 46.2 Å². The second-order valence-electron chi connectivity index (χ2n) is 7.68. The third-order valence-corrected chi connectivity index (χ3v) is 6.18. The molecule has 0 unspecified atom stereocenters. The number of aromatic hydroxyl groups is 1. The Balaban J connectivity index is 0.00000380. The van der Waals surface area contributed by atoms with Gasteiger partial charge in [-0.15, -0.1) is 12.4 Å². The number of nitrogens with zero attached hydrogens (tertiary/aromatic N) is 1. The maximum absolute atomic E-state index is 13.7. The monoisotopic (exact) mass is 456 g/mol. The fourth-order valence-electron chi connectivity index (χ4n) is 4.88. The first-order chi connectivity index (χ1) is 16.4. The summed E-state index contributed by atoms with van der Waals surface area (Å²) in [6, 6.07) is 2.00. The van der Waals surface area contributed by atoms with Crippen molar-refractivity contribution in [3.8, 4) is 5.75 Å². The molecular weight excluding hydrogens is 428 g/mol. The molecule has 1 saturated carbocycles. The van der Waals surface area contributed by atoms with Crippen LogP contribution in [0.2, 0.25) is 0 Å². The van der Waals surface area contributed by atoms with Crippen LogP contribution in [-0.2, 0) is 20.8 Å². The molecule has 10 heteroatoms. The summed E-state index contributed by atoms with van der Waals surface area (Å²) in [7, 11) is 0. The van der Waals surface area contributed by atoms with Gasteiger partial charge in [-0.05, 0) is 44.3 Å². The molecule has 6 N–H and O–H groups in total. The second-order valence-corrected chi connectivity index (χ2v) is 7.68. The molecule has 3 aliphatic carbocycles. The zero-order valence-electron chi connectivity index (χ0n) is 21.8. The van der Waals surface area contributed by atoms with Crippen LogP contribution < -0.4 is 5.73 Å². The van der Waals surface area contributed by atoms with Crippen LogP contribution in [0.5, 0.6) is 5.75 Å². The lowest BCUT2D eigenvalue weighted by atomic mass is 9.57. The van der Waals surface area contributed by atoms with E-state index in [2.05, 4.69) is 0 Å². The molecule has 0 aliphatic heterocycles. The SMILES string of the molecule is Cl.[2H]C([2H])([2H])N([C@@H]1C(=O)C(C(N)=O)=C(O)[C@@]2(O)C(=O)C3=C(O)c4c(O)cccc4C[C@H]3C[C@@H]12)C([2H])([2H])[2H]. The van der Waals surface area contributed by atoms with Gasteiger partial charge in [0.2, 0.25) is 5.78 Å². The number of nitrogens with two attached hydrogens (primary N) is 1. The van der Waals surface area contributed by atoms with Crippen LogP contribution in [-0.4, -0.2) is 68.4 Å². The highest BCUT2D eigenvalue weighted by molar-refractivity contribution is 6.24. The highest BCUT2D eigenvalue weighted by atomic mass is 35.5. The van der Waals surface area contributed by atoms with E-state index in [-0.39, 0.29) is 35.0 Å². The maximum atomic E-state index is 13.7. The molecule has 9 nitrogen and oxygen atoms in total. The molecule has 166 valence electrons. The Morgan fingerprint density at radius 3 is 2.55 bits per heavy atom. The first-order valence-electron chi connectivity index (χ1n) is 12.0. The van der Waals surface area contributed by atoms with E-state index < -0.39 is 84.0 Å². The van der Waals surface area contributed by atoms with Crippen LogP contribution in [0, 0.1) is 11.8 Å². The molecule has 4 rings (SSSR count). The van der Waals surface area contributed by atoms with E-state index in [1.165, 1.54) is 12.1 Å². The van der Waals surface area contributed by atoms with E-state index in [4.69, 9.17) is 14.0 Å². The normalized spacial score (nSPS) is 33.5. The van der Waals surface area contributed by atoms with Gasteiger partial charge >= 0.3 is 0 Å². The summed E-state index contributed by atoms with van der Waals surface area (Å²) in [4.78, 5) is 38.9. The predicted molar refractivity (Wildman–Crippen MR) is 111 cm³/mol. The number of likely N-dealkylation sites (N-methyl/N-ethyl adjacent to an activating group) is 1. The van der Waals surface area contributed by atoms with Crippen molar-refractivity contribution in [2.45, 2.75) is 24.5 Å². The molecule has 4 atom stereocenters. The van der Waals surface area contributed by atoms with Gasteiger partial charge in [-0.2, -0.15) is 0 Å². The summed E-state index contributed by atoms with van der Waals surface area (Å²) in [6.45, 7) is -6.93. The average molecular weight is 457 g/mol. The fraction of sp³-hybridized carbons (Fsp3) is 0.381. The lowest BCUT2D eigenvalue weighted by molar-refractivity contribution is -0.153. The van der Waals surface area contributed by atoms with E-state index >= 15 is 0 Å². The van der Waals surface area contributed by atoms with Gasteiger partial charge in [0.15, 0.2) is 11.4 Å². The molecule has 31 heavy (non-hydrogen) atoms. The number of phenolic OH excluding ortho intramolecular Hbond substituents is 1. The zero-order valence-corrected chi connectivity index (χ0v) is 16.6. The van der Waals surface area contributed by atoms with Gasteiger partial charge in [-0.3, -0.25) is 19.3 Å². The van der Waals surface area contributed by atoms with Crippen molar-refractivity contribution in [1.29, 1.82) is 0 Å². The van der Waals surface area contributed by atoms with Crippen molar-refractivity contribution in [3.63, 3.8) is 0 Å². The van der Waals surface area contributed by atoms with Crippen molar-refractivity contribution >= 4 is 35.6 Å². The summed E-state index contributed by atoms with van der Waals surface area (Å²) in [6.07, 6.45) is -0.442. The van der Waals surface area contributed by atoms with E-state index in [1.807, 2.05) is 0 Å². The number of phenols is 1. The number of carbonyl (C=O) groups is 3. The number of aliphatic hydroxyl groups excluding tert-OH is 2. The number of aliphatic hydroxyl groups is 3. The minimum absolute atomic E-state index is 0. The summed E-state index contributed by atoms with van der Waals surface area (Å²) < 4.78 is 46.5. The molecule has 1 aromatic carbocycles. The molecule has 1 amide bonds. The number of hydrogen-bond acceptors (Lipinski definition) is 8. The molecule has 1 fully saturated rings. The summed E-state index contributed by atoms with van der Waals surface area (Å²) in [5.41, 5.74) is 0.601. The Hall–Kier alpha value is -2.88. The smallest absolute Gasteiger partial charge is 0.255 e. The Morgan fingerprint density at radius 1 is 1.26 bits per heavy atom. The molecule has 0 heterocycles. The zero-order chi connectivity index (χ0) is 27.1. The Labute approximate surface area is 192 Å². The van der Waals surface area contributed by atoms with Crippen LogP contribution in [0.4, 0.5) is 0 Å². The number of amides is 1. The van der Waals surface area contributed by atoms with Gasteiger partial charge in [0.05, 0.1) is 11.6 Å². The van der Waals surface area contributed by atoms with Crippen LogP contribution in [0.3, 0.4) is 0 Å². The topological polar surface area (TPSA) is 161 Å². The minimum atomic E-state index is -3.46. The number of hydrogen-bond donors (Lipinski definition) is 5. The van der Waals surface area contributed by atoms with E-state index in [1.54, 1.807) is 6.07 Å². The first kappa shape index (κ1) is 15.9. The number of benzene rings is 1. The van der Waals surface area contributed by atoms with Crippen molar-refractivity contribution in [2.24, 2.45) is 17.6 Å². The average Bonchev–Trinajstić information content (AvgIpc) is 2.71. The highest BCUT2D eigenvalue weighted by Gasteiger charge is 2.64. The quantitative estimate of drug-likeness (QED) is 0.399. The lowest BCUT2D eigenvalue weighted by Gasteiger charge is -2.50. The van der Waals surface area contributed by atoms with Gasteiger partial charge in [0, 0.05) is 19.7 Å². The number of primary amides is 1. The maximum Gasteiger partial charge on any atom is 0.255 e. The molecule has 3 aliphatic rings. The van der Waals surface area contributed by atoms with Crippen molar-refractivity contribution in [2.75, 3.05) is 14.0 Å². The van der Waals surface area contributed by atoms with Crippen molar-refractivity contribution in [1.82, 2.24) is 4.90 Å². The number of carbonyl (C=O) groups excluding carboxylic acids is 3. The van der Waals surface area contributed by atoms with Crippen molar-refractivity contribution < 1.29 is 43.0 Å². The molecule has 0 spiro atoms. The third-order valence-electron chi connectivity index (χ3n) is 6.18. The fourth-order valence-corrected chi connectivity index (χ4v) is 4.88. The van der Waals surface area contributed by atoms with E-state index in [0.29, 0.717) is 5.56 Å². The minimum Gasteiger partial charge on any atom is -0.508 e. The van der Waals surface area contributed by atoms with Crippen LogP contribution in [0.15, 0.2) is 35.1 Å². The molecule has 0 saturated heterocycles. The van der Waals surface area contributed by atoms with Gasteiger partial charge in [-0.25, -0.2) is 0 Å². The summed E-state index contributed by atoms with van der Waals surface area (Å²) >= 11 is 0. The number of rotatable bonds is 2. The Kier molecular flexibility index (Phi) is 3.77. The Bertz CT molecular complexity index is 1260. The number of fused-ring (bicyclic) bond motifs is 3. The van der Waals surface area contributed by atoms with Gasteiger partial charge in [0.25, 0.3) is 5.91 Å². The number of ketones is 2. The van der Waals surface area contributed by atoms with Crippen LogP contribution >= 0.6 is 12.4 Å². The molecule has 1 aromatic rings. The van der Waals surface area contributed by atoms with E-state index in [0.717, 1.165) is 0 Å². The summed E-state index contributed by atoms with van der Waals surface area (Å²) in [5, 5.41) is 43.5. The molecule has 0 aromatic heterocycles. The molecular formula is C21H23ClN2O7. The second kappa shape index (κ2) is 7.37. The van der Waals surface area contributed by atoms with Gasteiger partial charge in [-0.1, -0.05) is 12.1 Å². The standard InChI is InChI=1S/C21H22N2O7.ClH/c1-23(2)15-10-7-9-6-8-4-3-5-11(24)12(8)16(25)13(9)18(27)21(10,30)19(28)14(17(15)26)20(22)29;/h3-5,9-10,15,24-25,28,30H,6-7H2,1-2H3,(H2,22,29);1H/t9-,10-,15-,21-;/m0./s1/i1D3,2D3;. The molecule has 0 radical (unpaired) electrons. The lowest BCUT2D eigenvalue weighted by Crippen LogP contribution is -2.65. The molecule has 0 bridgehead atoms. The number of halogens is 1. The third kappa shape index (κ3) is 2.88. The first-order valence-corrected chi connectivity index (χ1v) is 9.02. The highest BCUT2D eigenvalue weighted by Crippen LogP contribution is 2.52.